The van der Waals surface area contributed by atoms with Crippen LogP contribution < -0.4 is 0 Å². The van der Waals surface area contributed by atoms with E-state index >= 15 is 0 Å². The lowest BCUT2D eigenvalue weighted by atomic mass is 10.0. The van der Waals surface area contributed by atoms with Gasteiger partial charge in [0, 0.05) is 23.2 Å². The van der Waals surface area contributed by atoms with Crippen LogP contribution in [-0.4, -0.2) is 37.6 Å². The number of carbonyl (C=O) groups is 1. The Balaban J connectivity index is 2.48. The van der Waals surface area contributed by atoms with Crippen LogP contribution >= 0.6 is 11.6 Å². The van der Waals surface area contributed by atoms with Gasteiger partial charge in [-0.05, 0) is 52.7 Å². The van der Waals surface area contributed by atoms with Crippen molar-refractivity contribution in [2.24, 2.45) is 4.40 Å². The summed E-state index contributed by atoms with van der Waals surface area (Å²) in [7, 11) is -1.44. The zero-order valence-corrected chi connectivity index (χ0v) is 18.7. The van der Waals surface area contributed by atoms with Gasteiger partial charge >= 0.3 is 5.97 Å². The van der Waals surface area contributed by atoms with Crippen molar-refractivity contribution < 1.29 is 13.7 Å². The second-order valence-electron chi connectivity index (χ2n) is 7.90. The molecule has 0 aliphatic heterocycles. The molecule has 2 aromatic rings. The van der Waals surface area contributed by atoms with Crippen LogP contribution in [0.4, 0.5) is 0 Å². The van der Waals surface area contributed by atoms with E-state index in [1.54, 1.807) is 0 Å². The van der Waals surface area contributed by atoms with E-state index in [4.69, 9.17) is 16.3 Å². The largest absolute Gasteiger partial charge is 0.463 e. The van der Waals surface area contributed by atoms with Gasteiger partial charge in [0.05, 0.1) is 28.7 Å². The van der Waals surface area contributed by atoms with E-state index in [1.165, 1.54) is 0 Å². The number of para-hydroxylation sites is 1. The average Bonchev–Trinajstić information content (AvgIpc) is 2.96. The first-order valence-corrected chi connectivity index (χ1v) is 11.1. The molecule has 2 rings (SSSR count). The van der Waals surface area contributed by atoms with Gasteiger partial charge in [-0.25, -0.2) is 4.21 Å². The van der Waals surface area contributed by atoms with Crippen molar-refractivity contribution in [2.75, 3.05) is 5.88 Å². The van der Waals surface area contributed by atoms with Crippen LogP contribution in [0, 0.1) is 0 Å². The molecule has 1 aromatic carbocycles. The highest BCUT2D eigenvalue weighted by molar-refractivity contribution is 7.85. The number of carbonyl (C=O) groups excluding carboxylic acids is 1. The van der Waals surface area contributed by atoms with Crippen LogP contribution in [0.5, 0.6) is 0 Å². The first-order valence-electron chi connectivity index (χ1n) is 9.48. The number of ether oxygens (including phenoxy) is 1. The molecule has 0 saturated heterocycles. The third-order valence-corrected chi connectivity index (χ3v) is 5.72. The van der Waals surface area contributed by atoms with Gasteiger partial charge in [-0.15, -0.1) is 11.6 Å². The minimum Gasteiger partial charge on any atom is -0.463 e. The molecule has 1 atom stereocenters. The predicted molar refractivity (Wildman–Crippen MR) is 118 cm³/mol. The Hall–Kier alpha value is -1.66. The number of esters is 1. The minimum atomic E-state index is -1.44. The van der Waals surface area contributed by atoms with Crippen LogP contribution in [0.2, 0.25) is 0 Å². The van der Waals surface area contributed by atoms with Gasteiger partial charge in [-0.2, -0.15) is 4.40 Å². The summed E-state index contributed by atoms with van der Waals surface area (Å²) in [6.45, 7) is 9.27. The first kappa shape index (κ1) is 22.6. The van der Waals surface area contributed by atoms with Crippen molar-refractivity contribution in [3.63, 3.8) is 0 Å². The number of benzene rings is 1. The summed E-state index contributed by atoms with van der Waals surface area (Å²) in [5.41, 5.74) is 3.42. The maximum atomic E-state index is 12.7. The number of nitrogens with one attached hydrogen (secondary N) is 1. The van der Waals surface area contributed by atoms with Crippen molar-refractivity contribution in [1.29, 1.82) is 0 Å². The number of rotatable bonds is 8. The lowest BCUT2D eigenvalue weighted by Gasteiger charge is -2.16. The fraction of sp³-hybridized carbons (Fsp3) is 0.524. The minimum absolute atomic E-state index is 0.170. The van der Waals surface area contributed by atoms with Crippen LogP contribution in [0.15, 0.2) is 28.7 Å². The normalized spacial score (nSPS) is 13.9. The van der Waals surface area contributed by atoms with E-state index in [1.807, 2.05) is 58.9 Å². The molecular formula is C21H29ClN2O3S. The Morgan fingerprint density at radius 1 is 1.25 bits per heavy atom. The first-order chi connectivity index (χ1) is 13.1. The number of aromatic nitrogens is 1. The fourth-order valence-electron chi connectivity index (χ4n) is 2.80. The number of aryl methyl sites for hydroxylation is 1. The van der Waals surface area contributed by atoms with Crippen LogP contribution in [0.3, 0.4) is 0 Å². The molecule has 28 heavy (non-hydrogen) atoms. The summed E-state index contributed by atoms with van der Waals surface area (Å²) in [5.74, 6) is 0.166. The zero-order chi connectivity index (χ0) is 20.9. The van der Waals surface area contributed by atoms with Gasteiger partial charge in [0.25, 0.3) is 0 Å². The molecule has 0 fully saturated rings. The van der Waals surface area contributed by atoms with E-state index in [0.29, 0.717) is 24.4 Å². The second kappa shape index (κ2) is 9.70. The van der Waals surface area contributed by atoms with Gasteiger partial charge in [0.2, 0.25) is 0 Å². The lowest BCUT2D eigenvalue weighted by Crippen LogP contribution is -2.22. The Morgan fingerprint density at radius 2 is 1.93 bits per heavy atom. The summed E-state index contributed by atoms with van der Waals surface area (Å²) in [6, 6.07) is 7.95. The summed E-state index contributed by atoms with van der Waals surface area (Å²) < 4.78 is 22.0. The predicted octanol–water partition coefficient (Wildman–Crippen LogP) is 4.93. The Bertz CT molecular complexity index is 881. The van der Waals surface area contributed by atoms with Crippen LogP contribution in [-0.2, 0) is 26.9 Å². The van der Waals surface area contributed by atoms with Crippen molar-refractivity contribution in [2.45, 2.75) is 64.7 Å². The summed E-state index contributed by atoms with van der Waals surface area (Å²) in [6.07, 6.45) is 0.999. The second-order valence-corrected chi connectivity index (χ2v) is 10.2. The summed E-state index contributed by atoms with van der Waals surface area (Å²) in [5, 5.41) is 1.07. The number of H-pyrrole nitrogens is 1. The molecule has 5 nitrogen and oxygen atoms in total. The van der Waals surface area contributed by atoms with Gasteiger partial charge < -0.3 is 9.72 Å². The molecule has 0 aliphatic rings. The molecule has 0 bridgehead atoms. The number of alkyl halides is 1. The summed E-state index contributed by atoms with van der Waals surface area (Å²) in [4.78, 5) is 15.5. The zero-order valence-electron chi connectivity index (χ0n) is 17.2. The number of fused-ring (bicyclic) bond motifs is 1. The molecule has 0 unspecified atom stereocenters. The van der Waals surface area contributed by atoms with Crippen molar-refractivity contribution >= 4 is 45.2 Å². The lowest BCUT2D eigenvalue weighted by molar-refractivity contribution is -0.147. The van der Waals surface area contributed by atoms with Gasteiger partial charge in [0.1, 0.15) is 11.0 Å². The number of halogens is 1. The highest BCUT2D eigenvalue weighted by Crippen LogP contribution is 2.26. The molecule has 1 N–H and O–H groups in total. The third-order valence-electron chi connectivity index (χ3n) is 4.10. The van der Waals surface area contributed by atoms with Crippen molar-refractivity contribution in [3.8, 4) is 0 Å². The molecule has 7 heteroatoms. The Morgan fingerprint density at radius 3 is 2.54 bits per heavy atom. The van der Waals surface area contributed by atoms with Gasteiger partial charge in [-0.1, -0.05) is 18.2 Å². The molecule has 0 saturated carbocycles. The molecule has 154 valence electrons. The quantitative estimate of drug-likeness (QED) is 0.371. The number of hydrogen-bond acceptors (Lipinski definition) is 3. The molecule has 0 aliphatic carbocycles. The fourth-order valence-corrected chi connectivity index (χ4v) is 3.64. The van der Waals surface area contributed by atoms with Crippen LogP contribution in [0.1, 0.15) is 58.7 Å². The average molecular weight is 425 g/mol. The standard InChI is InChI=1S/C21H29ClN2O3S/c1-14(2)27-19(25)11-10-18(24-28(26)21(3,4)5)20-16(12-13-22)15-8-6-7-9-17(15)23-20/h6-9,14,23H,10-13H2,1-5H3/b24-18+/t28-/m1/s1. The van der Waals surface area contributed by atoms with Gasteiger partial charge in [-0.3, -0.25) is 4.79 Å². The van der Waals surface area contributed by atoms with Crippen molar-refractivity contribution in [1.82, 2.24) is 4.98 Å². The Labute approximate surface area is 174 Å². The number of aromatic amines is 1. The van der Waals surface area contributed by atoms with Crippen molar-refractivity contribution in [3.05, 3.63) is 35.5 Å². The Kier molecular flexibility index (Phi) is 7.84. The summed E-state index contributed by atoms with van der Waals surface area (Å²) >= 11 is 6.05. The molecule has 0 amide bonds. The maximum Gasteiger partial charge on any atom is 0.306 e. The van der Waals surface area contributed by atoms with E-state index in [2.05, 4.69) is 9.38 Å². The SMILES string of the molecule is CC(C)OC(=O)CC/C(=N\[S@](=O)C(C)(C)C)c1[nH]c2ccccc2c1CCCl. The van der Waals surface area contributed by atoms with Crippen LogP contribution in [0.25, 0.3) is 10.9 Å². The van der Waals surface area contributed by atoms with E-state index in [0.717, 1.165) is 22.2 Å². The maximum absolute atomic E-state index is 12.7. The highest BCUT2D eigenvalue weighted by Gasteiger charge is 2.23. The monoisotopic (exact) mass is 424 g/mol. The highest BCUT2D eigenvalue weighted by atomic mass is 35.5. The topological polar surface area (TPSA) is 71.5 Å². The number of nitrogens with zero attached hydrogens (tertiary/aromatic N) is 1. The smallest absolute Gasteiger partial charge is 0.306 e. The van der Waals surface area contributed by atoms with Gasteiger partial charge in [0.15, 0.2) is 0 Å². The molecule has 0 radical (unpaired) electrons. The molecule has 1 aromatic heterocycles. The molecular weight excluding hydrogens is 396 g/mol. The van der Waals surface area contributed by atoms with E-state index in [-0.39, 0.29) is 18.5 Å². The molecule has 0 spiro atoms. The third kappa shape index (κ3) is 5.92. The van der Waals surface area contributed by atoms with E-state index < -0.39 is 15.7 Å². The number of hydrogen-bond donors (Lipinski definition) is 1. The van der Waals surface area contributed by atoms with E-state index in [9.17, 15) is 9.00 Å². The molecule has 1 heterocycles.